The highest BCUT2D eigenvalue weighted by atomic mass is 16.5. The van der Waals surface area contributed by atoms with Gasteiger partial charge in [0.2, 0.25) is 0 Å². The van der Waals surface area contributed by atoms with Crippen molar-refractivity contribution < 1.29 is 4.74 Å². The SMILES string of the molecule is CCOc1cccc(C(CCC2CC2)NN)c1. The van der Waals surface area contributed by atoms with Crippen LogP contribution in [-0.4, -0.2) is 6.61 Å². The summed E-state index contributed by atoms with van der Waals surface area (Å²) in [6, 6.07) is 8.46. The first-order valence-electron chi connectivity index (χ1n) is 6.52. The van der Waals surface area contributed by atoms with Crippen LogP contribution in [0.1, 0.15) is 44.2 Å². The Morgan fingerprint density at radius 1 is 1.47 bits per heavy atom. The lowest BCUT2D eigenvalue weighted by Gasteiger charge is -2.17. The number of hydrazine groups is 1. The number of benzene rings is 1. The highest BCUT2D eigenvalue weighted by molar-refractivity contribution is 5.30. The first kappa shape index (κ1) is 12.4. The average molecular weight is 234 g/mol. The van der Waals surface area contributed by atoms with Crippen LogP contribution < -0.4 is 16.0 Å². The molecule has 0 saturated heterocycles. The quantitative estimate of drug-likeness (QED) is 0.563. The minimum absolute atomic E-state index is 0.246. The molecule has 1 aliphatic carbocycles. The lowest BCUT2D eigenvalue weighted by atomic mass is 10.0. The van der Waals surface area contributed by atoms with Crippen LogP contribution in [0.15, 0.2) is 24.3 Å². The molecule has 0 heterocycles. The van der Waals surface area contributed by atoms with Crippen LogP contribution in [-0.2, 0) is 0 Å². The fraction of sp³-hybridized carbons (Fsp3) is 0.571. The van der Waals surface area contributed by atoms with Gasteiger partial charge in [0, 0.05) is 6.04 Å². The smallest absolute Gasteiger partial charge is 0.119 e. The molecule has 0 radical (unpaired) electrons. The van der Waals surface area contributed by atoms with Crippen LogP contribution in [0.3, 0.4) is 0 Å². The first-order chi connectivity index (χ1) is 8.33. The van der Waals surface area contributed by atoms with Gasteiger partial charge in [0.1, 0.15) is 5.75 Å². The van der Waals surface area contributed by atoms with E-state index < -0.39 is 0 Å². The fourth-order valence-corrected chi connectivity index (χ4v) is 2.14. The number of ether oxygens (including phenoxy) is 1. The zero-order valence-electron chi connectivity index (χ0n) is 10.5. The second kappa shape index (κ2) is 6.03. The van der Waals surface area contributed by atoms with E-state index in [0.29, 0.717) is 6.61 Å². The van der Waals surface area contributed by atoms with Gasteiger partial charge in [0.25, 0.3) is 0 Å². The predicted octanol–water partition coefficient (Wildman–Crippen LogP) is 2.78. The Morgan fingerprint density at radius 3 is 2.94 bits per heavy atom. The van der Waals surface area contributed by atoms with E-state index in [0.717, 1.165) is 18.1 Å². The maximum Gasteiger partial charge on any atom is 0.119 e. The topological polar surface area (TPSA) is 47.3 Å². The summed E-state index contributed by atoms with van der Waals surface area (Å²) < 4.78 is 5.51. The van der Waals surface area contributed by atoms with Crippen molar-refractivity contribution in [2.45, 2.75) is 38.6 Å². The largest absolute Gasteiger partial charge is 0.494 e. The molecule has 3 nitrogen and oxygen atoms in total. The highest BCUT2D eigenvalue weighted by Gasteiger charge is 2.22. The molecule has 1 atom stereocenters. The van der Waals surface area contributed by atoms with Gasteiger partial charge in [-0.1, -0.05) is 25.0 Å². The standard InChI is InChI=1S/C14H22N2O/c1-2-17-13-5-3-4-12(10-13)14(16-15)9-8-11-6-7-11/h3-5,10-11,14,16H,2,6-9,15H2,1H3. The second-order valence-corrected chi connectivity index (χ2v) is 4.75. The van der Waals surface area contributed by atoms with Crippen molar-refractivity contribution in [2.75, 3.05) is 6.61 Å². The van der Waals surface area contributed by atoms with Gasteiger partial charge in [-0.05, 0) is 43.4 Å². The van der Waals surface area contributed by atoms with E-state index in [-0.39, 0.29) is 6.04 Å². The third kappa shape index (κ3) is 3.72. The maximum absolute atomic E-state index is 5.64. The molecule has 0 aliphatic heterocycles. The third-order valence-corrected chi connectivity index (χ3v) is 3.33. The molecule has 0 spiro atoms. The van der Waals surface area contributed by atoms with E-state index in [1.54, 1.807) is 0 Å². The van der Waals surface area contributed by atoms with Gasteiger partial charge in [0.05, 0.1) is 6.61 Å². The molecule has 3 N–H and O–H groups in total. The van der Waals surface area contributed by atoms with Crippen LogP contribution in [0.25, 0.3) is 0 Å². The van der Waals surface area contributed by atoms with Gasteiger partial charge in [0.15, 0.2) is 0 Å². The Morgan fingerprint density at radius 2 is 2.29 bits per heavy atom. The Balaban J connectivity index is 1.97. The zero-order valence-corrected chi connectivity index (χ0v) is 10.5. The summed E-state index contributed by atoms with van der Waals surface area (Å²) in [4.78, 5) is 0. The summed E-state index contributed by atoms with van der Waals surface area (Å²) in [7, 11) is 0. The molecular weight excluding hydrogens is 212 g/mol. The molecule has 1 aromatic carbocycles. The van der Waals surface area contributed by atoms with E-state index in [1.165, 1.54) is 24.8 Å². The zero-order chi connectivity index (χ0) is 12.1. The molecule has 1 fully saturated rings. The van der Waals surface area contributed by atoms with Crippen LogP contribution >= 0.6 is 0 Å². The van der Waals surface area contributed by atoms with Gasteiger partial charge >= 0.3 is 0 Å². The third-order valence-electron chi connectivity index (χ3n) is 3.33. The Kier molecular flexibility index (Phi) is 4.40. The number of hydrogen-bond acceptors (Lipinski definition) is 3. The van der Waals surface area contributed by atoms with E-state index >= 15 is 0 Å². The van der Waals surface area contributed by atoms with E-state index in [9.17, 15) is 0 Å². The molecule has 2 rings (SSSR count). The van der Waals surface area contributed by atoms with Crippen molar-refractivity contribution in [1.29, 1.82) is 0 Å². The lowest BCUT2D eigenvalue weighted by Crippen LogP contribution is -2.28. The molecule has 94 valence electrons. The van der Waals surface area contributed by atoms with E-state index in [4.69, 9.17) is 10.6 Å². The Hall–Kier alpha value is -1.06. The Labute approximate surface area is 103 Å². The van der Waals surface area contributed by atoms with E-state index in [2.05, 4.69) is 17.6 Å². The average Bonchev–Trinajstić information content (AvgIpc) is 3.15. The van der Waals surface area contributed by atoms with Crippen LogP contribution in [0.4, 0.5) is 0 Å². The van der Waals surface area contributed by atoms with Crippen LogP contribution in [0.5, 0.6) is 5.75 Å². The van der Waals surface area contributed by atoms with Crippen LogP contribution in [0.2, 0.25) is 0 Å². The Bertz CT molecular complexity index is 350. The minimum atomic E-state index is 0.246. The summed E-state index contributed by atoms with van der Waals surface area (Å²) in [5, 5.41) is 0. The highest BCUT2D eigenvalue weighted by Crippen LogP contribution is 2.36. The molecule has 1 unspecified atom stereocenters. The summed E-state index contributed by atoms with van der Waals surface area (Å²) in [6.07, 6.45) is 5.18. The molecule has 1 aromatic rings. The van der Waals surface area contributed by atoms with Gasteiger partial charge in [-0.15, -0.1) is 0 Å². The molecule has 0 aromatic heterocycles. The summed E-state index contributed by atoms with van der Waals surface area (Å²) in [6.45, 7) is 2.70. The summed E-state index contributed by atoms with van der Waals surface area (Å²) in [5.41, 5.74) is 4.14. The van der Waals surface area contributed by atoms with E-state index in [1.807, 2.05) is 19.1 Å². The van der Waals surface area contributed by atoms with Crippen LogP contribution in [0, 0.1) is 5.92 Å². The minimum Gasteiger partial charge on any atom is -0.494 e. The van der Waals surface area contributed by atoms with Crippen molar-refractivity contribution in [2.24, 2.45) is 11.8 Å². The number of rotatable bonds is 7. The van der Waals surface area contributed by atoms with Crippen molar-refractivity contribution in [3.8, 4) is 5.75 Å². The van der Waals surface area contributed by atoms with Crippen molar-refractivity contribution in [3.63, 3.8) is 0 Å². The van der Waals surface area contributed by atoms with Gasteiger partial charge in [-0.2, -0.15) is 0 Å². The van der Waals surface area contributed by atoms with Gasteiger partial charge in [-0.3, -0.25) is 11.3 Å². The molecule has 17 heavy (non-hydrogen) atoms. The molecular formula is C14H22N2O. The second-order valence-electron chi connectivity index (χ2n) is 4.75. The number of nitrogens with two attached hydrogens (primary N) is 1. The maximum atomic E-state index is 5.64. The van der Waals surface area contributed by atoms with Gasteiger partial charge in [-0.25, -0.2) is 0 Å². The normalized spacial score (nSPS) is 16.8. The van der Waals surface area contributed by atoms with Crippen molar-refractivity contribution >= 4 is 0 Å². The lowest BCUT2D eigenvalue weighted by molar-refractivity contribution is 0.339. The van der Waals surface area contributed by atoms with Crippen molar-refractivity contribution in [1.82, 2.24) is 5.43 Å². The number of nitrogens with one attached hydrogen (secondary N) is 1. The summed E-state index contributed by atoms with van der Waals surface area (Å²) in [5.74, 6) is 7.52. The number of hydrogen-bond donors (Lipinski definition) is 2. The fourth-order valence-electron chi connectivity index (χ4n) is 2.14. The molecule has 1 aliphatic rings. The van der Waals surface area contributed by atoms with Gasteiger partial charge < -0.3 is 4.74 Å². The molecule has 0 bridgehead atoms. The molecule has 1 saturated carbocycles. The molecule has 3 heteroatoms. The monoisotopic (exact) mass is 234 g/mol. The van der Waals surface area contributed by atoms with Crippen molar-refractivity contribution in [3.05, 3.63) is 29.8 Å². The predicted molar refractivity (Wildman–Crippen MR) is 69.6 cm³/mol. The molecule has 0 amide bonds. The first-order valence-corrected chi connectivity index (χ1v) is 6.52. The summed E-state index contributed by atoms with van der Waals surface area (Å²) >= 11 is 0.